The predicted octanol–water partition coefficient (Wildman–Crippen LogP) is 3.62. The first-order valence-corrected chi connectivity index (χ1v) is 8.52. The number of halogens is 1. The van der Waals surface area contributed by atoms with E-state index in [0.29, 0.717) is 17.3 Å². The van der Waals surface area contributed by atoms with Gasteiger partial charge in [0.25, 0.3) is 0 Å². The number of carbonyl (C=O) groups is 1. The fourth-order valence-corrected chi connectivity index (χ4v) is 3.31. The topological polar surface area (TPSA) is 55.6 Å². The Kier molecular flexibility index (Phi) is 5.53. The largest absolute Gasteiger partial charge is 0.443 e. The summed E-state index contributed by atoms with van der Waals surface area (Å²) in [5, 5.41) is 0.704. The quantitative estimate of drug-likeness (QED) is 0.828. The number of benzene rings is 1. The maximum absolute atomic E-state index is 12.2. The van der Waals surface area contributed by atoms with Gasteiger partial charge in [0.2, 0.25) is 11.8 Å². The van der Waals surface area contributed by atoms with Gasteiger partial charge in [-0.2, -0.15) is 0 Å². The highest BCUT2D eigenvalue weighted by atomic mass is 35.5. The van der Waals surface area contributed by atoms with Crippen molar-refractivity contribution in [3.05, 3.63) is 52.7 Å². The maximum Gasteiger partial charge on any atom is 0.249 e. The Bertz CT molecular complexity index is 701. The van der Waals surface area contributed by atoms with Crippen LogP contribution in [0.5, 0.6) is 0 Å². The first-order chi connectivity index (χ1) is 11.7. The molecule has 1 aromatic heterocycles. The summed E-state index contributed by atoms with van der Waals surface area (Å²) in [5.74, 6) is 1.37. The number of oxazole rings is 1. The molecule has 1 aromatic carbocycles. The Labute approximate surface area is 146 Å². The number of likely N-dealkylation sites (tertiary alicyclic amines) is 1. The van der Waals surface area contributed by atoms with Crippen LogP contribution in [-0.4, -0.2) is 36.1 Å². The molecule has 0 spiro atoms. The average molecular weight is 349 g/mol. The molecule has 2 aromatic rings. The number of hydrogen-bond acceptors (Lipinski definition) is 4. The van der Waals surface area contributed by atoms with Crippen molar-refractivity contribution in [1.82, 2.24) is 9.88 Å². The van der Waals surface area contributed by atoms with Crippen molar-refractivity contribution in [2.45, 2.75) is 31.7 Å². The lowest BCUT2D eigenvalue weighted by Gasteiger charge is -2.33. The molecule has 3 rings (SSSR count). The van der Waals surface area contributed by atoms with Crippen LogP contribution in [0.1, 0.15) is 42.5 Å². The highest BCUT2D eigenvalue weighted by Gasteiger charge is 2.31. The average Bonchev–Trinajstić information content (AvgIpc) is 3.03. The Balaban J connectivity index is 1.74. The van der Waals surface area contributed by atoms with Gasteiger partial charge in [-0.15, -0.1) is 0 Å². The highest BCUT2D eigenvalue weighted by Crippen LogP contribution is 2.31. The summed E-state index contributed by atoms with van der Waals surface area (Å²) in [7, 11) is 1.53. The standard InChI is InChI=1S/C18H21ClN2O3/c1-23-12-17(22)21-8-3-2-7-16(21)18-20-11-15(24-18)10-13-5-4-6-14(19)9-13/h4-6,9,11,16H,2-3,7-8,10,12H2,1H3. The van der Waals surface area contributed by atoms with Crippen LogP contribution in [0.15, 0.2) is 34.9 Å². The molecule has 1 amide bonds. The first-order valence-electron chi connectivity index (χ1n) is 8.15. The molecule has 1 atom stereocenters. The van der Waals surface area contributed by atoms with Gasteiger partial charge in [-0.25, -0.2) is 4.98 Å². The third-order valence-corrected chi connectivity index (χ3v) is 4.45. The van der Waals surface area contributed by atoms with Crippen LogP contribution in [-0.2, 0) is 16.0 Å². The van der Waals surface area contributed by atoms with Crippen molar-refractivity contribution in [3.8, 4) is 0 Å². The van der Waals surface area contributed by atoms with Crippen LogP contribution in [0.25, 0.3) is 0 Å². The van der Waals surface area contributed by atoms with Crippen molar-refractivity contribution >= 4 is 17.5 Å². The third kappa shape index (κ3) is 3.97. The minimum atomic E-state index is -0.102. The van der Waals surface area contributed by atoms with Crippen LogP contribution in [0.2, 0.25) is 5.02 Å². The zero-order valence-corrected chi connectivity index (χ0v) is 14.5. The van der Waals surface area contributed by atoms with Crippen molar-refractivity contribution in [3.63, 3.8) is 0 Å². The molecule has 0 aliphatic carbocycles. The van der Waals surface area contributed by atoms with E-state index in [4.69, 9.17) is 20.8 Å². The van der Waals surface area contributed by atoms with Crippen LogP contribution < -0.4 is 0 Å². The first kappa shape index (κ1) is 17.0. The molecule has 128 valence electrons. The van der Waals surface area contributed by atoms with E-state index in [0.717, 1.165) is 37.1 Å². The van der Waals surface area contributed by atoms with Crippen molar-refractivity contribution in [1.29, 1.82) is 0 Å². The predicted molar refractivity (Wildman–Crippen MR) is 90.9 cm³/mol. The van der Waals surface area contributed by atoms with Gasteiger partial charge in [0, 0.05) is 25.1 Å². The molecule has 1 unspecified atom stereocenters. The fourth-order valence-electron chi connectivity index (χ4n) is 3.10. The van der Waals surface area contributed by atoms with Gasteiger partial charge in [0.15, 0.2) is 0 Å². The molecule has 0 N–H and O–H groups in total. The van der Waals surface area contributed by atoms with E-state index in [1.165, 1.54) is 7.11 Å². The second-order valence-electron chi connectivity index (χ2n) is 6.00. The summed E-state index contributed by atoms with van der Waals surface area (Å²) in [5.41, 5.74) is 1.07. The summed E-state index contributed by atoms with van der Waals surface area (Å²) in [6.45, 7) is 0.811. The number of amides is 1. The molecule has 0 bridgehead atoms. The monoisotopic (exact) mass is 348 g/mol. The number of nitrogens with zero attached hydrogens (tertiary/aromatic N) is 2. The van der Waals surface area contributed by atoms with E-state index in [1.54, 1.807) is 6.20 Å². The zero-order chi connectivity index (χ0) is 16.9. The van der Waals surface area contributed by atoms with Gasteiger partial charge in [-0.1, -0.05) is 23.7 Å². The Morgan fingerprint density at radius 2 is 2.33 bits per heavy atom. The molecule has 24 heavy (non-hydrogen) atoms. The van der Waals surface area contributed by atoms with Crippen molar-refractivity contribution in [2.24, 2.45) is 0 Å². The number of hydrogen-bond donors (Lipinski definition) is 0. The van der Waals surface area contributed by atoms with Crippen molar-refractivity contribution < 1.29 is 13.9 Å². The Hall–Kier alpha value is -1.85. The van der Waals surface area contributed by atoms with E-state index in [-0.39, 0.29) is 18.6 Å². The van der Waals surface area contributed by atoms with Crippen LogP contribution in [0.3, 0.4) is 0 Å². The highest BCUT2D eigenvalue weighted by molar-refractivity contribution is 6.30. The SMILES string of the molecule is COCC(=O)N1CCCCC1c1ncc(Cc2cccc(Cl)c2)o1. The summed E-state index contributed by atoms with van der Waals surface area (Å²) in [6, 6.07) is 7.58. The van der Waals surface area contributed by atoms with E-state index < -0.39 is 0 Å². The summed E-state index contributed by atoms with van der Waals surface area (Å²) in [4.78, 5) is 18.5. The van der Waals surface area contributed by atoms with E-state index in [9.17, 15) is 4.79 Å². The number of aromatic nitrogens is 1. The van der Waals surface area contributed by atoms with E-state index >= 15 is 0 Å². The van der Waals surface area contributed by atoms with Gasteiger partial charge >= 0.3 is 0 Å². The second-order valence-corrected chi connectivity index (χ2v) is 6.44. The molecule has 1 saturated heterocycles. The molecule has 5 nitrogen and oxygen atoms in total. The van der Waals surface area contributed by atoms with E-state index in [1.807, 2.05) is 29.2 Å². The molecule has 6 heteroatoms. The number of carbonyl (C=O) groups excluding carboxylic acids is 1. The molecule has 1 fully saturated rings. The number of ether oxygens (including phenoxy) is 1. The molecule has 0 radical (unpaired) electrons. The zero-order valence-electron chi connectivity index (χ0n) is 13.7. The Morgan fingerprint density at radius 3 is 3.12 bits per heavy atom. The molecule has 1 aliphatic heterocycles. The molecule has 0 saturated carbocycles. The van der Waals surface area contributed by atoms with Crippen LogP contribution in [0.4, 0.5) is 0 Å². The number of piperidine rings is 1. The summed E-state index contributed by atoms with van der Waals surface area (Å²) < 4.78 is 10.9. The van der Waals surface area contributed by atoms with Crippen molar-refractivity contribution in [2.75, 3.05) is 20.3 Å². The van der Waals surface area contributed by atoms with Gasteiger partial charge in [0.05, 0.1) is 6.20 Å². The lowest BCUT2D eigenvalue weighted by atomic mass is 10.0. The number of rotatable bonds is 5. The lowest BCUT2D eigenvalue weighted by molar-refractivity contribution is -0.139. The molecule has 1 aliphatic rings. The summed E-state index contributed by atoms with van der Waals surface area (Å²) >= 11 is 6.02. The van der Waals surface area contributed by atoms with Crippen LogP contribution >= 0.6 is 11.6 Å². The van der Waals surface area contributed by atoms with Crippen LogP contribution in [0, 0.1) is 0 Å². The normalized spacial score (nSPS) is 17.9. The maximum atomic E-state index is 12.2. The third-order valence-electron chi connectivity index (χ3n) is 4.21. The fraction of sp³-hybridized carbons (Fsp3) is 0.444. The molecular formula is C18H21ClN2O3. The number of methoxy groups -OCH3 is 1. The minimum absolute atomic E-state index is 0.0169. The van der Waals surface area contributed by atoms with Gasteiger partial charge in [-0.05, 0) is 37.0 Å². The van der Waals surface area contributed by atoms with E-state index in [2.05, 4.69) is 4.98 Å². The Morgan fingerprint density at radius 1 is 1.46 bits per heavy atom. The molecular weight excluding hydrogens is 328 g/mol. The van der Waals surface area contributed by atoms with Gasteiger partial charge in [0.1, 0.15) is 18.4 Å². The second kappa shape index (κ2) is 7.81. The lowest BCUT2D eigenvalue weighted by Crippen LogP contribution is -2.40. The van der Waals surface area contributed by atoms with Gasteiger partial charge < -0.3 is 14.1 Å². The summed E-state index contributed by atoms with van der Waals surface area (Å²) in [6.07, 6.45) is 5.30. The smallest absolute Gasteiger partial charge is 0.249 e. The van der Waals surface area contributed by atoms with Gasteiger partial charge in [-0.3, -0.25) is 4.79 Å². The minimum Gasteiger partial charge on any atom is -0.443 e. The molecule has 2 heterocycles.